The number of anilines is 1. The second-order valence-electron chi connectivity index (χ2n) is 8.31. The van der Waals surface area contributed by atoms with E-state index < -0.39 is 16.7 Å². The lowest BCUT2D eigenvalue weighted by Crippen LogP contribution is -2.49. The van der Waals surface area contributed by atoms with E-state index in [1.165, 1.54) is 18.2 Å². The van der Waals surface area contributed by atoms with E-state index in [-0.39, 0.29) is 28.5 Å². The second kappa shape index (κ2) is 9.32. The fraction of sp³-hybridized carbons (Fsp3) is 0.292. The van der Waals surface area contributed by atoms with Crippen molar-refractivity contribution in [1.82, 2.24) is 14.9 Å². The zero-order chi connectivity index (χ0) is 25.3. The number of carbonyl (C=O) groups excluding carboxylic acids is 1. The Hall–Kier alpha value is -4.02. The maximum Gasteiger partial charge on any atom is 0.416 e. The van der Waals surface area contributed by atoms with Crippen molar-refractivity contribution in [1.29, 1.82) is 0 Å². The molecule has 0 aliphatic carbocycles. The molecule has 11 heteroatoms. The number of hydrogen-bond donors (Lipinski definition) is 0. The number of carbonyl (C=O) groups is 1. The molecule has 8 nitrogen and oxygen atoms in total. The van der Waals surface area contributed by atoms with E-state index in [0.717, 1.165) is 12.1 Å². The van der Waals surface area contributed by atoms with Gasteiger partial charge in [0.05, 0.1) is 10.5 Å². The summed E-state index contributed by atoms with van der Waals surface area (Å²) in [5, 5.41) is 11.2. The molecule has 0 bridgehead atoms. The minimum absolute atomic E-state index is 0.104. The minimum Gasteiger partial charge on any atom is -0.353 e. The van der Waals surface area contributed by atoms with Crippen LogP contribution >= 0.6 is 0 Å². The molecule has 0 spiro atoms. The van der Waals surface area contributed by atoms with Crippen LogP contribution in [0.4, 0.5) is 24.7 Å². The summed E-state index contributed by atoms with van der Waals surface area (Å²) in [6.45, 7) is 4.97. The first-order valence-corrected chi connectivity index (χ1v) is 10.9. The Morgan fingerprint density at radius 2 is 1.71 bits per heavy atom. The van der Waals surface area contributed by atoms with Crippen molar-refractivity contribution in [3.05, 3.63) is 81.0 Å². The highest BCUT2D eigenvalue weighted by Gasteiger charge is 2.31. The summed E-state index contributed by atoms with van der Waals surface area (Å²) in [5.74, 6) is 0.454. The Bertz CT molecular complexity index is 1290. The smallest absolute Gasteiger partial charge is 0.353 e. The summed E-state index contributed by atoms with van der Waals surface area (Å²) in [5.41, 5.74) is 0.721. The molecule has 1 saturated heterocycles. The SMILES string of the molecule is Cc1cc(N2CCN(C(=O)c3ccc(C)c([N+](=O)[O-])c3)CC2)nc(-c2cccc(C(F)(F)F)c2)n1. The van der Waals surface area contributed by atoms with E-state index in [0.29, 0.717) is 43.3 Å². The summed E-state index contributed by atoms with van der Waals surface area (Å²) in [4.78, 5) is 35.9. The van der Waals surface area contributed by atoms with Gasteiger partial charge in [-0.15, -0.1) is 0 Å². The van der Waals surface area contributed by atoms with E-state index in [1.54, 1.807) is 36.9 Å². The van der Waals surface area contributed by atoms with E-state index >= 15 is 0 Å². The number of halogens is 3. The van der Waals surface area contributed by atoms with Crippen LogP contribution in [0, 0.1) is 24.0 Å². The number of benzene rings is 2. The summed E-state index contributed by atoms with van der Waals surface area (Å²) in [6.07, 6.45) is -4.47. The first-order chi connectivity index (χ1) is 16.5. The Balaban J connectivity index is 1.50. The lowest BCUT2D eigenvalue weighted by Gasteiger charge is -2.35. The van der Waals surface area contributed by atoms with Crippen LogP contribution < -0.4 is 4.90 Å². The molecular formula is C24H22F3N5O3. The number of hydrogen-bond acceptors (Lipinski definition) is 6. The number of alkyl halides is 3. The molecule has 0 unspecified atom stereocenters. The van der Waals surface area contributed by atoms with Gasteiger partial charge in [-0.2, -0.15) is 13.2 Å². The van der Waals surface area contributed by atoms with Crippen molar-refractivity contribution in [2.45, 2.75) is 20.0 Å². The lowest BCUT2D eigenvalue weighted by atomic mass is 10.1. The van der Waals surface area contributed by atoms with E-state index in [1.807, 2.05) is 4.90 Å². The summed E-state index contributed by atoms with van der Waals surface area (Å²) in [7, 11) is 0. The molecule has 1 fully saturated rings. The van der Waals surface area contributed by atoms with Gasteiger partial charge >= 0.3 is 6.18 Å². The standard InChI is InChI=1S/C24H22F3N5O3/c1-15-6-7-18(14-20(15)32(34)35)23(33)31-10-8-30(9-11-31)21-12-16(2)28-22(29-21)17-4-3-5-19(13-17)24(25,26)27/h3-7,12-14H,8-11H2,1-2H3. The van der Waals surface area contributed by atoms with Gasteiger partial charge in [-0.3, -0.25) is 14.9 Å². The van der Waals surface area contributed by atoms with E-state index in [9.17, 15) is 28.1 Å². The van der Waals surface area contributed by atoms with Crippen LogP contribution in [0.5, 0.6) is 0 Å². The van der Waals surface area contributed by atoms with Crippen molar-refractivity contribution < 1.29 is 22.9 Å². The monoisotopic (exact) mass is 485 g/mol. The van der Waals surface area contributed by atoms with Crippen LogP contribution in [0.2, 0.25) is 0 Å². The third kappa shape index (κ3) is 5.23. The molecular weight excluding hydrogens is 463 g/mol. The van der Waals surface area contributed by atoms with Crippen molar-refractivity contribution in [3.63, 3.8) is 0 Å². The zero-order valence-corrected chi connectivity index (χ0v) is 19.0. The van der Waals surface area contributed by atoms with Crippen LogP contribution in [0.1, 0.15) is 27.2 Å². The fourth-order valence-electron chi connectivity index (χ4n) is 3.94. The summed E-state index contributed by atoms with van der Waals surface area (Å²) in [6, 6.07) is 11.0. The molecule has 4 rings (SSSR count). The number of rotatable bonds is 4. The molecule has 0 saturated carbocycles. The molecule has 3 aromatic rings. The number of aromatic nitrogens is 2. The summed E-state index contributed by atoms with van der Waals surface area (Å²) < 4.78 is 39.4. The molecule has 1 aliphatic heterocycles. The average molecular weight is 485 g/mol. The molecule has 35 heavy (non-hydrogen) atoms. The van der Waals surface area contributed by atoms with Crippen molar-refractivity contribution in [2.75, 3.05) is 31.1 Å². The first-order valence-electron chi connectivity index (χ1n) is 10.9. The van der Waals surface area contributed by atoms with Crippen LogP contribution in [0.3, 0.4) is 0 Å². The molecule has 2 heterocycles. The maximum atomic E-state index is 13.1. The maximum absolute atomic E-state index is 13.1. The van der Waals surface area contributed by atoms with Crippen LogP contribution in [-0.2, 0) is 6.18 Å². The van der Waals surface area contributed by atoms with Gasteiger partial charge in [0, 0.05) is 60.7 Å². The van der Waals surface area contributed by atoms with E-state index in [2.05, 4.69) is 9.97 Å². The van der Waals surface area contributed by atoms with Gasteiger partial charge in [0.1, 0.15) is 5.82 Å². The molecule has 2 aromatic carbocycles. The number of amides is 1. The van der Waals surface area contributed by atoms with Gasteiger partial charge in [0.15, 0.2) is 5.82 Å². The minimum atomic E-state index is -4.47. The lowest BCUT2D eigenvalue weighted by molar-refractivity contribution is -0.385. The predicted molar refractivity (Wildman–Crippen MR) is 123 cm³/mol. The quantitative estimate of drug-likeness (QED) is 0.395. The average Bonchev–Trinajstić information content (AvgIpc) is 2.83. The third-order valence-electron chi connectivity index (χ3n) is 5.83. The zero-order valence-electron chi connectivity index (χ0n) is 19.0. The topological polar surface area (TPSA) is 92.5 Å². The number of aryl methyl sites for hydroxylation is 2. The third-order valence-corrected chi connectivity index (χ3v) is 5.83. The highest BCUT2D eigenvalue weighted by atomic mass is 19.4. The Labute approximate surface area is 199 Å². The van der Waals surface area contributed by atoms with E-state index in [4.69, 9.17) is 0 Å². The van der Waals surface area contributed by atoms with Gasteiger partial charge in [-0.05, 0) is 32.0 Å². The normalized spacial score (nSPS) is 14.2. The van der Waals surface area contributed by atoms with Crippen LogP contribution in [0.15, 0.2) is 48.5 Å². The highest BCUT2D eigenvalue weighted by molar-refractivity contribution is 5.95. The number of piperazine rings is 1. The van der Waals surface area contributed by atoms with Gasteiger partial charge < -0.3 is 9.80 Å². The Morgan fingerprint density at radius 1 is 1.00 bits per heavy atom. The Morgan fingerprint density at radius 3 is 2.37 bits per heavy atom. The van der Waals surface area contributed by atoms with Gasteiger partial charge in [0.25, 0.3) is 11.6 Å². The number of nitro benzene ring substituents is 1. The fourth-order valence-corrected chi connectivity index (χ4v) is 3.94. The van der Waals surface area contributed by atoms with Crippen molar-refractivity contribution in [2.24, 2.45) is 0 Å². The molecule has 1 amide bonds. The van der Waals surface area contributed by atoms with Crippen LogP contribution in [-0.4, -0.2) is 51.9 Å². The number of nitrogens with zero attached hydrogens (tertiary/aromatic N) is 5. The van der Waals surface area contributed by atoms with Gasteiger partial charge in [-0.25, -0.2) is 9.97 Å². The van der Waals surface area contributed by atoms with Crippen molar-refractivity contribution >= 4 is 17.4 Å². The molecule has 1 aliphatic rings. The van der Waals surface area contributed by atoms with Gasteiger partial charge in [-0.1, -0.05) is 18.2 Å². The highest BCUT2D eigenvalue weighted by Crippen LogP contribution is 2.32. The Kier molecular flexibility index (Phi) is 6.42. The summed E-state index contributed by atoms with van der Waals surface area (Å²) >= 11 is 0. The van der Waals surface area contributed by atoms with Gasteiger partial charge in [0.2, 0.25) is 0 Å². The second-order valence-corrected chi connectivity index (χ2v) is 8.31. The molecule has 1 aromatic heterocycles. The van der Waals surface area contributed by atoms with Crippen LogP contribution in [0.25, 0.3) is 11.4 Å². The molecule has 182 valence electrons. The predicted octanol–water partition coefficient (Wildman–Crippen LogP) is 4.65. The molecule has 0 radical (unpaired) electrons. The first kappa shape index (κ1) is 24.1. The molecule has 0 atom stereocenters. The number of nitro groups is 1. The largest absolute Gasteiger partial charge is 0.416 e. The van der Waals surface area contributed by atoms with Crippen molar-refractivity contribution in [3.8, 4) is 11.4 Å². The molecule has 0 N–H and O–H groups in total.